The average Bonchev–Trinajstić information content (AvgIpc) is 3.36. The molecule has 0 unspecified atom stereocenters. The molecule has 0 saturated carbocycles. The van der Waals surface area contributed by atoms with Crippen molar-refractivity contribution >= 4 is 33.7 Å². The van der Waals surface area contributed by atoms with Crippen LogP contribution >= 0.6 is 22.7 Å². The van der Waals surface area contributed by atoms with E-state index in [4.69, 9.17) is 9.47 Å². The molecule has 3 heterocycles. The highest BCUT2D eigenvalue weighted by molar-refractivity contribution is 7.18. The highest BCUT2D eigenvalue weighted by Crippen LogP contribution is 2.37. The van der Waals surface area contributed by atoms with Crippen molar-refractivity contribution in [2.45, 2.75) is 26.2 Å². The number of amides is 1. The smallest absolute Gasteiger partial charge is 0.267 e. The summed E-state index contributed by atoms with van der Waals surface area (Å²) in [5.41, 5.74) is 1.00. The Kier molecular flexibility index (Phi) is 5.35. The number of ether oxygens (including phenoxy) is 2. The minimum Gasteiger partial charge on any atom is -0.486 e. The molecule has 140 valence electrons. The summed E-state index contributed by atoms with van der Waals surface area (Å²) in [7, 11) is 0. The first-order valence-corrected chi connectivity index (χ1v) is 10.5. The Hall–Kier alpha value is -2.45. The van der Waals surface area contributed by atoms with Crippen molar-refractivity contribution in [2.75, 3.05) is 18.5 Å². The Balaban J connectivity index is 1.45. The van der Waals surface area contributed by atoms with E-state index in [2.05, 4.69) is 22.4 Å². The van der Waals surface area contributed by atoms with Gasteiger partial charge in [0.15, 0.2) is 11.5 Å². The molecule has 0 spiro atoms. The van der Waals surface area contributed by atoms with Crippen LogP contribution in [0.5, 0.6) is 11.5 Å². The molecule has 1 aliphatic heterocycles. The second-order valence-electron chi connectivity index (χ2n) is 6.08. The van der Waals surface area contributed by atoms with Gasteiger partial charge in [0.1, 0.15) is 18.2 Å². The molecule has 0 radical (unpaired) electrons. The van der Waals surface area contributed by atoms with Crippen LogP contribution in [0.15, 0.2) is 30.3 Å². The molecule has 0 aliphatic carbocycles. The van der Waals surface area contributed by atoms with Gasteiger partial charge in [0.2, 0.25) is 5.13 Å². The third-order valence-corrected chi connectivity index (χ3v) is 6.12. The largest absolute Gasteiger partial charge is 0.486 e. The lowest BCUT2D eigenvalue weighted by Gasteiger charge is -2.18. The Morgan fingerprint density at radius 2 is 1.96 bits per heavy atom. The normalized spacial score (nSPS) is 12.8. The first-order valence-electron chi connectivity index (χ1n) is 8.86. The van der Waals surface area contributed by atoms with Gasteiger partial charge in [0.05, 0.1) is 4.88 Å². The van der Waals surface area contributed by atoms with E-state index in [0.717, 1.165) is 46.2 Å². The molecule has 0 bridgehead atoms. The van der Waals surface area contributed by atoms with Gasteiger partial charge in [-0.1, -0.05) is 24.7 Å². The molecule has 0 atom stereocenters. The number of thiophene rings is 1. The summed E-state index contributed by atoms with van der Waals surface area (Å²) in [4.78, 5) is 14.1. The van der Waals surface area contributed by atoms with Crippen LogP contribution in [0.25, 0.3) is 10.4 Å². The van der Waals surface area contributed by atoms with Crippen molar-refractivity contribution < 1.29 is 14.3 Å². The zero-order valence-electron chi connectivity index (χ0n) is 14.9. The summed E-state index contributed by atoms with van der Waals surface area (Å²) in [5, 5.41) is 12.5. The zero-order chi connectivity index (χ0) is 18.6. The van der Waals surface area contributed by atoms with Crippen LogP contribution < -0.4 is 14.8 Å². The van der Waals surface area contributed by atoms with Gasteiger partial charge >= 0.3 is 0 Å². The third-order valence-electron chi connectivity index (χ3n) is 4.09. The Labute approximate surface area is 165 Å². The maximum absolute atomic E-state index is 12.5. The van der Waals surface area contributed by atoms with Crippen LogP contribution in [0.4, 0.5) is 5.13 Å². The number of fused-ring (bicyclic) bond motifs is 1. The van der Waals surface area contributed by atoms with Crippen molar-refractivity contribution in [1.29, 1.82) is 0 Å². The number of aromatic nitrogens is 2. The van der Waals surface area contributed by atoms with Gasteiger partial charge in [-0.25, -0.2) is 0 Å². The molecule has 1 amide bonds. The van der Waals surface area contributed by atoms with E-state index in [-0.39, 0.29) is 5.91 Å². The van der Waals surface area contributed by atoms with Crippen LogP contribution in [-0.4, -0.2) is 29.3 Å². The van der Waals surface area contributed by atoms with Crippen LogP contribution in [-0.2, 0) is 6.42 Å². The van der Waals surface area contributed by atoms with Crippen molar-refractivity contribution in [3.05, 3.63) is 40.2 Å². The topological polar surface area (TPSA) is 73.3 Å². The number of unbranched alkanes of at least 4 members (excludes halogenated alkanes) is 1. The number of hydrogen-bond donors (Lipinski definition) is 1. The molecule has 0 fully saturated rings. The van der Waals surface area contributed by atoms with Crippen molar-refractivity contribution in [2.24, 2.45) is 0 Å². The van der Waals surface area contributed by atoms with E-state index < -0.39 is 0 Å². The number of carbonyl (C=O) groups excluding carboxylic acids is 1. The summed E-state index contributed by atoms with van der Waals surface area (Å²) in [6.45, 7) is 3.26. The van der Waals surface area contributed by atoms with Gasteiger partial charge in [-0.2, -0.15) is 0 Å². The number of rotatable bonds is 6. The second-order valence-corrected chi connectivity index (χ2v) is 8.23. The van der Waals surface area contributed by atoms with Crippen LogP contribution in [0, 0.1) is 0 Å². The minimum atomic E-state index is -0.165. The molecule has 4 rings (SSSR count). The van der Waals surface area contributed by atoms with Crippen molar-refractivity contribution in [3.8, 4) is 21.9 Å². The molecule has 1 aromatic carbocycles. The monoisotopic (exact) mass is 401 g/mol. The van der Waals surface area contributed by atoms with Gasteiger partial charge in [-0.15, -0.1) is 21.5 Å². The van der Waals surface area contributed by atoms with E-state index in [1.54, 1.807) is 0 Å². The molecule has 1 N–H and O–H groups in total. The standard InChI is InChI=1S/C19H19N3O3S2/c1-2-3-4-17-21-22-19(27-17)20-18(23)16-8-7-15(26-16)12-5-6-13-14(11-12)25-10-9-24-13/h5-8,11H,2-4,9-10H2,1H3,(H,20,22,23). The number of carbonyl (C=O) groups is 1. The Bertz CT molecular complexity index is 951. The Morgan fingerprint density at radius 3 is 2.81 bits per heavy atom. The van der Waals surface area contributed by atoms with E-state index in [1.807, 2.05) is 30.3 Å². The highest BCUT2D eigenvalue weighted by atomic mass is 32.1. The summed E-state index contributed by atoms with van der Waals surface area (Å²) < 4.78 is 11.2. The molecular weight excluding hydrogens is 382 g/mol. The molecule has 3 aromatic rings. The number of benzene rings is 1. The quantitative estimate of drug-likeness (QED) is 0.652. The lowest BCUT2D eigenvalue weighted by Crippen LogP contribution is -2.15. The fourth-order valence-corrected chi connectivity index (χ4v) is 4.38. The van der Waals surface area contributed by atoms with Crippen molar-refractivity contribution in [3.63, 3.8) is 0 Å². The van der Waals surface area contributed by atoms with Gasteiger partial charge < -0.3 is 9.47 Å². The number of hydrogen-bond acceptors (Lipinski definition) is 7. The van der Waals surface area contributed by atoms with Crippen LogP contribution in [0.3, 0.4) is 0 Å². The lowest BCUT2D eigenvalue weighted by atomic mass is 10.1. The third kappa shape index (κ3) is 4.12. The van der Waals surface area contributed by atoms with E-state index >= 15 is 0 Å². The summed E-state index contributed by atoms with van der Waals surface area (Å²) in [6, 6.07) is 9.60. The van der Waals surface area contributed by atoms with Crippen LogP contribution in [0.2, 0.25) is 0 Å². The summed E-state index contributed by atoms with van der Waals surface area (Å²) >= 11 is 2.87. The highest BCUT2D eigenvalue weighted by Gasteiger charge is 2.16. The SMILES string of the molecule is CCCCc1nnc(NC(=O)c2ccc(-c3ccc4c(c3)OCCO4)s2)s1. The molecule has 8 heteroatoms. The Morgan fingerprint density at radius 1 is 1.11 bits per heavy atom. The minimum absolute atomic E-state index is 0.165. The number of nitrogens with one attached hydrogen (secondary N) is 1. The van der Waals surface area contributed by atoms with E-state index in [9.17, 15) is 4.79 Å². The maximum Gasteiger partial charge on any atom is 0.267 e. The fourth-order valence-electron chi connectivity index (χ4n) is 2.70. The lowest BCUT2D eigenvalue weighted by molar-refractivity contribution is 0.103. The van der Waals surface area contributed by atoms with Crippen LogP contribution in [0.1, 0.15) is 34.4 Å². The molecule has 2 aromatic heterocycles. The first-order chi connectivity index (χ1) is 13.2. The van der Waals surface area contributed by atoms with Gasteiger partial charge in [-0.05, 0) is 42.3 Å². The number of aryl methyl sites for hydroxylation is 1. The molecule has 0 saturated heterocycles. The summed E-state index contributed by atoms with van der Waals surface area (Å²) in [5.74, 6) is 1.34. The predicted octanol–water partition coefficient (Wildman–Crippen LogP) is 4.63. The zero-order valence-corrected chi connectivity index (χ0v) is 16.5. The second kappa shape index (κ2) is 8.06. The summed E-state index contributed by atoms with van der Waals surface area (Å²) in [6.07, 6.45) is 3.09. The molecule has 1 aliphatic rings. The van der Waals surface area contributed by atoms with Gasteiger partial charge in [0.25, 0.3) is 5.91 Å². The molecule has 27 heavy (non-hydrogen) atoms. The maximum atomic E-state index is 12.5. The number of nitrogens with zero attached hydrogens (tertiary/aromatic N) is 2. The first kappa shape index (κ1) is 17.9. The fraction of sp³-hybridized carbons (Fsp3) is 0.316. The predicted molar refractivity (Wildman–Crippen MR) is 107 cm³/mol. The van der Waals surface area contributed by atoms with Gasteiger partial charge in [-0.3, -0.25) is 10.1 Å². The van der Waals surface area contributed by atoms with E-state index in [0.29, 0.717) is 23.2 Å². The number of anilines is 1. The van der Waals surface area contributed by atoms with Gasteiger partial charge in [0, 0.05) is 11.3 Å². The molecule has 6 nitrogen and oxygen atoms in total. The average molecular weight is 402 g/mol. The van der Waals surface area contributed by atoms with E-state index in [1.165, 1.54) is 22.7 Å². The molecular formula is C19H19N3O3S2. The van der Waals surface area contributed by atoms with Crippen molar-refractivity contribution in [1.82, 2.24) is 10.2 Å².